The maximum atomic E-state index is 12.2. The number of ether oxygens (including phenoxy) is 4. The number of hydrogen-bond donors (Lipinski definition) is 2. The van der Waals surface area contributed by atoms with Gasteiger partial charge in [-0.1, -0.05) is 42.5 Å². The van der Waals surface area contributed by atoms with Gasteiger partial charge in [-0.3, -0.25) is 4.79 Å². The summed E-state index contributed by atoms with van der Waals surface area (Å²) in [5.41, 5.74) is 2.13. The Kier molecular flexibility index (Phi) is 11.5. The Morgan fingerprint density at radius 1 is 0.773 bits per heavy atom. The molecule has 0 saturated carbocycles. The number of para-hydroxylation sites is 1. The van der Waals surface area contributed by atoms with E-state index in [1.54, 1.807) is 55.5 Å². The molecule has 0 unspecified atom stereocenters. The third-order valence-electron chi connectivity index (χ3n) is 6.68. The van der Waals surface area contributed by atoms with E-state index in [1.165, 1.54) is 0 Å². The highest BCUT2D eigenvalue weighted by Crippen LogP contribution is 2.24. The lowest BCUT2D eigenvalue weighted by atomic mass is 9.94. The van der Waals surface area contributed by atoms with Crippen LogP contribution < -0.4 is 19.5 Å². The highest BCUT2D eigenvalue weighted by molar-refractivity contribution is 5.89. The van der Waals surface area contributed by atoms with Gasteiger partial charge in [0.25, 0.3) is 0 Å². The first-order valence-corrected chi connectivity index (χ1v) is 14.6. The molecule has 0 heterocycles. The van der Waals surface area contributed by atoms with Gasteiger partial charge in [-0.2, -0.15) is 0 Å². The molecular formula is C36H39NO7. The van der Waals surface area contributed by atoms with Gasteiger partial charge in [0.2, 0.25) is 0 Å². The Bertz CT molecular complexity index is 1470. The van der Waals surface area contributed by atoms with Crippen molar-refractivity contribution in [3.8, 4) is 23.0 Å². The Hall–Kier alpha value is -4.66. The zero-order valence-electron chi connectivity index (χ0n) is 25.3. The van der Waals surface area contributed by atoms with Crippen LogP contribution in [0.15, 0.2) is 103 Å². The molecule has 0 aromatic heterocycles. The van der Waals surface area contributed by atoms with Crippen LogP contribution in [0.25, 0.3) is 0 Å². The van der Waals surface area contributed by atoms with Gasteiger partial charge in [-0.05, 0) is 99.0 Å². The van der Waals surface area contributed by atoms with E-state index in [0.717, 1.165) is 17.5 Å². The van der Waals surface area contributed by atoms with Crippen molar-refractivity contribution in [3.05, 3.63) is 120 Å². The fraction of sp³-hybridized carbons (Fsp3) is 0.278. The minimum atomic E-state index is -0.708. The molecule has 4 aromatic carbocycles. The summed E-state index contributed by atoms with van der Waals surface area (Å²) >= 11 is 0. The normalized spacial score (nSPS) is 11.8. The van der Waals surface area contributed by atoms with Crippen molar-refractivity contribution in [2.75, 3.05) is 19.8 Å². The van der Waals surface area contributed by atoms with Crippen molar-refractivity contribution >= 4 is 11.9 Å². The summed E-state index contributed by atoms with van der Waals surface area (Å²) in [6, 6.07) is 30.8. The van der Waals surface area contributed by atoms with E-state index in [1.807, 2.05) is 54.6 Å². The molecule has 2 N–H and O–H groups in total. The molecule has 4 aromatic rings. The number of carbonyl (C=O) groups is 2. The molecule has 8 heteroatoms. The van der Waals surface area contributed by atoms with Gasteiger partial charge in [0.1, 0.15) is 35.7 Å². The van der Waals surface area contributed by atoms with Crippen LogP contribution in [-0.2, 0) is 22.4 Å². The number of β-amino-alcohol motifs (C(OH)–C–C–N with tert-alkyl or cyclic N) is 1. The van der Waals surface area contributed by atoms with Crippen LogP contribution >= 0.6 is 0 Å². The molecule has 0 radical (unpaired) electrons. The zero-order chi connectivity index (χ0) is 31.4. The lowest BCUT2D eigenvalue weighted by Gasteiger charge is -2.28. The Morgan fingerprint density at radius 3 is 2.00 bits per heavy atom. The van der Waals surface area contributed by atoms with Crippen LogP contribution in [0, 0.1) is 0 Å². The first kappa shape index (κ1) is 32.3. The van der Waals surface area contributed by atoms with Crippen LogP contribution in [0.1, 0.15) is 42.3 Å². The topological polar surface area (TPSA) is 103 Å². The number of carbonyl (C=O) groups excluding carboxylic acids is 2. The minimum Gasteiger partial charge on any atom is -0.491 e. The Morgan fingerprint density at radius 2 is 1.36 bits per heavy atom. The molecule has 0 bridgehead atoms. The van der Waals surface area contributed by atoms with Crippen molar-refractivity contribution in [2.45, 2.75) is 45.3 Å². The molecule has 0 fully saturated rings. The van der Waals surface area contributed by atoms with Gasteiger partial charge in [-0.25, -0.2) is 4.79 Å². The smallest absolute Gasteiger partial charge is 0.338 e. The number of aliphatic hydroxyl groups excluding tert-OH is 1. The maximum Gasteiger partial charge on any atom is 0.338 e. The molecule has 0 aliphatic rings. The van der Waals surface area contributed by atoms with Gasteiger partial charge in [0.05, 0.1) is 18.6 Å². The van der Waals surface area contributed by atoms with Crippen LogP contribution in [0.4, 0.5) is 0 Å². The summed E-state index contributed by atoms with van der Waals surface area (Å²) in [4.78, 5) is 24.0. The van der Waals surface area contributed by atoms with E-state index in [2.05, 4.69) is 19.2 Å². The Balaban J connectivity index is 1.17. The monoisotopic (exact) mass is 597 g/mol. The highest BCUT2D eigenvalue weighted by atomic mass is 16.5. The molecule has 0 aliphatic heterocycles. The molecule has 0 amide bonds. The van der Waals surface area contributed by atoms with E-state index in [9.17, 15) is 14.7 Å². The van der Waals surface area contributed by atoms with Gasteiger partial charge in [0.15, 0.2) is 0 Å². The van der Waals surface area contributed by atoms with Crippen LogP contribution in [0.2, 0.25) is 0 Å². The van der Waals surface area contributed by atoms with Gasteiger partial charge in [-0.15, -0.1) is 0 Å². The number of rotatable bonds is 15. The number of nitrogens with one attached hydrogen (secondary N) is 1. The zero-order valence-corrected chi connectivity index (χ0v) is 25.3. The van der Waals surface area contributed by atoms with Gasteiger partial charge < -0.3 is 29.4 Å². The predicted molar refractivity (Wildman–Crippen MR) is 168 cm³/mol. The second-order valence-corrected chi connectivity index (χ2v) is 11.0. The summed E-state index contributed by atoms with van der Waals surface area (Å²) in [6.45, 7) is 6.76. The fourth-order valence-electron chi connectivity index (χ4n) is 4.43. The number of hydrogen-bond acceptors (Lipinski definition) is 8. The molecule has 44 heavy (non-hydrogen) atoms. The van der Waals surface area contributed by atoms with Crippen LogP contribution in [-0.4, -0.2) is 48.4 Å². The van der Waals surface area contributed by atoms with E-state index >= 15 is 0 Å². The average molecular weight is 598 g/mol. The van der Waals surface area contributed by atoms with E-state index < -0.39 is 6.10 Å². The number of esters is 2. The lowest BCUT2D eigenvalue weighted by Crippen LogP contribution is -2.46. The minimum absolute atomic E-state index is 0.130. The molecule has 4 rings (SSSR count). The summed E-state index contributed by atoms with van der Waals surface area (Å²) < 4.78 is 22.0. The standard InChI is InChI=1S/C36H39NO7/c1-4-41-35(40)28-14-20-33(21-15-28)43-32-18-12-27(13-19-32)23-36(2,3)37-24-29(38)25-42-30-16-10-26(11-17-30)22-34(39)44-31-8-6-5-7-9-31/h5-21,29,37-38H,4,22-25H2,1-3H3/t29-/m0/s1. The highest BCUT2D eigenvalue weighted by Gasteiger charge is 2.20. The molecule has 0 saturated heterocycles. The molecule has 0 spiro atoms. The van der Waals surface area contributed by atoms with Crippen molar-refractivity contribution in [2.24, 2.45) is 0 Å². The predicted octanol–water partition coefficient (Wildman–Crippen LogP) is 6.15. The summed E-state index contributed by atoms with van der Waals surface area (Å²) in [5.74, 6) is 1.76. The van der Waals surface area contributed by atoms with Crippen molar-refractivity contribution in [1.29, 1.82) is 0 Å². The third kappa shape index (κ3) is 10.6. The number of aliphatic hydroxyl groups is 1. The number of benzene rings is 4. The van der Waals surface area contributed by atoms with Gasteiger partial charge >= 0.3 is 11.9 Å². The molecule has 1 atom stereocenters. The van der Waals surface area contributed by atoms with Crippen molar-refractivity contribution < 1.29 is 33.6 Å². The SMILES string of the molecule is CCOC(=O)c1ccc(Oc2ccc(CC(C)(C)NC[C@H](O)COc3ccc(CC(=O)Oc4ccccc4)cc3)cc2)cc1. The van der Waals surface area contributed by atoms with E-state index in [4.69, 9.17) is 18.9 Å². The average Bonchev–Trinajstić information content (AvgIpc) is 3.01. The molecule has 230 valence electrons. The fourth-order valence-corrected chi connectivity index (χ4v) is 4.43. The van der Waals surface area contributed by atoms with E-state index in [0.29, 0.717) is 41.7 Å². The van der Waals surface area contributed by atoms with Crippen molar-refractivity contribution in [3.63, 3.8) is 0 Å². The summed E-state index contributed by atoms with van der Waals surface area (Å²) in [5, 5.41) is 13.9. The Labute approximate surface area is 258 Å². The maximum absolute atomic E-state index is 12.2. The van der Waals surface area contributed by atoms with E-state index in [-0.39, 0.29) is 30.5 Å². The van der Waals surface area contributed by atoms with Crippen molar-refractivity contribution in [1.82, 2.24) is 5.32 Å². The molecule has 0 aliphatic carbocycles. The molecule has 8 nitrogen and oxygen atoms in total. The largest absolute Gasteiger partial charge is 0.491 e. The van der Waals surface area contributed by atoms with Gasteiger partial charge in [0, 0.05) is 12.1 Å². The second-order valence-electron chi connectivity index (χ2n) is 11.0. The van der Waals surface area contributed by atoms with Crippen LogP contribution in [0.3, 0.4) is 0 Å². The third-order valence-corrected chi connectivity index (χ3v) is 6.68. The van der Waals surface area contributed by atoms with Crippen LogP contribution in [0.5, 0.6) is 23.0 Å². The lowest BCUT2D eigenvalue weighted by molar-refractivity contribution is -0.133. The summed E-state index contributed by atoms with van der Waals surface area (Å²) in [7, 11) is 0. The quantitative estimate of drug-likeness (QED) is 0.124. The first-order valence-electron chi connectivity index (χ1n) is 14.6. The first-order chi connectivity index (χ1) is 21.2. The molecular weight excluding hydrogens is 558 g/mol. The second kappa shape index (κ2) is 15.7. The summed E-state index contributed by atoms with van der Waals surface area (Å²) in [6.07, 6.45) is 0.183.